The molecule has 0 aliphatic rings. The molecule has 4 nitrogen and oxygen atoms in total. The first-order valence-electron chi connectivity index (χ1n) is 6.40. The van der Waals surface area contributed by atoms with Crippen LogP contribution in [0.2, 0.25) is 0 Å². The van der Waals surface area contributed by atoms with Gasteiger partial charge in [0.05, 0.1) is 14.2 Å². The monoisotopic (exact) mass is 349 g/mol. The summed E-state index contributed by atoms with van der Waals surface area (Å²) in [5.74, 6) is 0.734. The molecule has 0 atom stereocenters. The molecule has 0 bridgehead atoms. The van der Waals surface area contributed by atoms with E-state index in [4.69, 9.17) is 9.47 Å². The van der Waals surface area contributed by atoms with Crippen LogP contribution in [0.4, 0.5) is 0 Å². The molecule has 0 aliphatic carbocycles. The van der Waals surface area contributed by atoms with E-state index in [1.54, 1.807) is 18.2 Å². The molecule has 0 saturated carbocycles. The van der Waals surface area contributed by atoms with Gasteiger partial charge in [-0.05, 0) is 23.8 Å². The maximum atomic E-state index is 12.4. The van der Waals surface area contributed by atoms with Crippen LogP contribution in [0.5, 0.6) is 11.5 Å². The largest absolute Gasteiger partial charge is 0.496 e. The van der Waals surface area contributed by atoms with E-state index in [1.807, 2.05) is 24.3 Å². The Morgan fingerprint density at radius 2 is 1.67 bits per heavy atom. The molecule has 21 heavy (non-hydrogen) atoms. The maximum Gasteiger partial charge on any atom is 0.259 e. The Kier molecular flexibility index (Phi) is 5.22. The lowest BCUT2D eigenvalue weighted by Crippen LogP contribution is -2.24. The second kappa shape index (κ2) is 7.13. The van der Waals surface area contributed by atoms with Crippen molar-refractivity contribution >= 4 is 21.8 Å². The van der Waals surface area contributed by atoms with Gasteiger partial charge in [-0.3, -0.25) is 4.79 Å². The fraction of sp³-hybridized carbons (Fsp3) is 0.188. The van der Waals surface area contributed by atoms with Gasteiger partial charge in [-0.2, -0.15) is 0 Å². The fourth-order valence-corrected chi connectivity index (χ4v) is 2.41. The number of amides is 1. The van der Waals surface area contributed by atoms with Crippen molar-refractivity contribution in [2.45, 2.75) is 6.54 Å². The first-order valence-corrected chi connectivity index (χ1v) is 7.19. The highest BCUT2D eigenvalue weighted by Crippen LogP contribution is 2.28. The molecule has 0 aliphatic heterocycles. The molecule has 0 spiro atoms. The van der Waals surface area contributed by atoms with Gasteiger partial charge in [-0.25, -0.2) is 0 Å². The van der Waals surface area contributed by atoms with Gasteiger partial charge in [0, 0.05) is 11.0 Å². The molecule has 0 saturated heterocycles. The summed E-state index contributed by atoms with van der Waals surface area (Å²) in [5.41, 5.74) is 1.40. The van der Waals surface area contributed by atoms with E-state index in [0.29, 0.717) is 23.6 Å². The molecule has 2 aromatic rings. The minimum absolute atomic E-state index is 0.236. The summed E-state index contributed by atoms with van der Waals surface area (Å²) in [6.07, 6.45) is 0. The average molecular weight is 350 g/mol. The van der Waals surface area contributed by atoms with E-state index in [1.165, 1.54) is 14.2 Å². The molecule has 0 unspecified atom stereocenters. The van der Waals surface area contributed by atoms with Crippen molar-refractivity contribution in [3.63, 3.8) is 0 Å². The summed E-state index contributed by atoms with van der Waals surface area (Å²) in [4.78, 5) is 12.4. The van der Waals surface area contributed by atoms with Gasteiger partial charge in [0.15, 0.2) is 0 Å². The predicted molar refractivity (Wildman–Crippen MR) is 84.9 cm³/mol. The van der Waals surface area contributed by atoms with Crippen molar-refractivity contribution in [3.8, 4) is 11.5 Å². The maximum absolute atomic E-state index is 12.4. The third-order valence-electron chi connectivity index (χ3n) is 3.05. The van der Waals surface area contributed by atoms with Gasteiger partial charge in [-0.15, -0.1) is 0 Å². The van der Waals surface area contributed by atoms with Crippen molar-refractivity contribution in [2.24, 2.45) is 0 Å². The quantitative estimate of drug-likeness (QED) is 0.899. The second-order valence-corrected chi connectivity index (χ2v) is 5.17. The third kappa shape index (κ3) is 3.55. The molecule has 2 aromatic carbocycles. The van der Waals surface area contributed by atoms with Crippen LogP contribution in [0.15, 0.2) is 46.9 Å². The molecular weight excluding hydrogens is 334 g/mol. The van der Waals surface area contributed by atoms with Crippen LogP contribution in [-0.4, -0.2) is 20.1 Å². The first kappa shape index (κ1) is 15.4. The van der Waals surface area contributed by atoms with Crippen LogP contribution >= 0.6 is 15.9 Å². The lowest BCUT2D eigenvalue weighted by atomic mass is 10.1. The molecule has 110 valence electrons. The Morgan fingerprint density at radius 3 is 2.24 bits per heavy atom. The van der Waals surface area contributed by atoms with E-state index in [0.717, 1.165) is 10.0 Å². The fourth-order valence-electron chi connectivity index (χ4n) is 1.98. The summed E-state index contributed by atoms with van der Waals surface area (Å²) in [6, 6.07) is 13.0. The molecule has 0 fully saturated rings. The summed E-state index contributed by atoms with van der Waals surface area (Å²) >= 11 is 3.46. The van der Waals surface area contributed by atoms with Crippen LogP contribution in [0.25, 0.3) is 0 Å². The van der Waals surface area contributed by atoms with Gasteiger partial charge in [-0.1, -0.05) is 40.2 Å². The zero-order valence-corrected chi connectivity index (χ0v) is 13.4. The van der Waals surface area contributed by atoms with E-state index >= 15 is 0 Å². The zero-order chi connectivity index (χ0) is 15.2. The average Bonchev–Trinajstić information content (AvgIpc) is 2.52. The van der Waals surface area contributed by atoms with Crippen molar-refractivity contribution in [2.75, 3.05) is 14.2 Å². The van der Waals surface area contributed by atoms with Crippen LogP contribution in [0.1, 0.15) is 15.9 Å². The van der Waals surface area contributed by atoms with Crippen molar-refractivity contribution < 1.29 is 14.3 Å². The normalized spacial score (nSPS) is 10.0. The summed E-state index contributed by atoms with van der Waals surface area (Å²) in [6.45, 7) is 0.418. The number of rotatable bonds is 5. The van der Waals surface area contributed by atoms with Crippen LogP contribution in [-0.2, 0) is 6.54 Å². The topological polar surface area (TPSA) is 47.6 Å². The van der Waals surface area contributed by atoms with Gasteiger partial charge in [0.2, 0.25) is 0 Å². The molecule has 0 heterocycles. The number of nitrogens with one attached hydrogen (secondary N) is 1. The highest BCUT2D eigenvalue weighted by Gasteiger charge is 2.17. The minimum Gasteiger partial charge on any atom is -0.496 e. The number of halogens is 1. The molecule has 0 radical (unpaired) electrons. The predicted octanol–water partition coefficient (Wildman–Crippen LogP) is 3.40. The summed E-state index contributed by atoms with van der Waals surface area (Å²) < 4.78 is 11.4. The first-order chi connectivity index (χ1) is 10.2. The lowest BCUT2D eigenvalue weighted by molar-refractivity contribution is 0.0944. The number of hydrogen-bond acceptors (Lipinski definition) is 3. The highest BCUT2D eigenvalue weighted by molar-refractivity contribution is 9.10. The van der Waals surface area contributed by atoms with E-state index in [9.17, 15) is 4.79 Å². The van der Waals surface area contributed by atoms with Crippen LogP contribution in [0, 0.1) is 0 Å². The van der Waals surface area contributed by atoms with Gasteiger partial charge in [0.1, 0.15) is 17.1 Å². The Bertz CT molecular complexity index is 621. The van der Waals surface area contributed by atoms with Crippen LogP contribution in [0.3, 0.4) is 0 Å². The number of hydrogen-bond donors (Lipinski definition) is 1. The van der Waals surface area contributed by atoms with Crippen LogP contribution < -0.4 is 14.8 Å². The van der Waals surface area contributed by atoms with Gasteiger partial charge >= 0.3 is 0 Å². The SMILES string of the molecule is COc1cccc(OC)c1C(=O)NCc1ccccc1Br. The highest BCUT2D eigenvalue weighted by atomic mass is 79.9. The molecule has 1 N–H and O–H groups in total. The molecule has 0 aromatic heterocycles. The Balaban J connectivity index is 2.19. The number of carbonyl (C=O) groups excluding carboxylic acids is 1. The van der Waals surface area contributed by atoms with E-state index in [2.05, 4.69) is 21.2 Å². The Hall–Kier alpha value is -2.01. The number of carbonyl (C=O) groups is 1. The lowest BCUT2D eigenvalue weighted by Gasteiger charge is -2.13. The second-order valence-electron chi connectivity index (χ2n) is 4.31. The number of methoxy groups -OCH3 is 2. The Labute approximate surface area is 132 Å². The van der Waals surface area contributed by atoms with Gasteiger partial charge < -0.3 is 14.8 Å². The minimum atomic E-state index is -0.236. The standard InChI is InChI=1S/C16H16BrNO3/c1-20-13-8-5-9-14(21-2)15(13)16(19)18-10-11-6-3-4-7-12(11)17/h3-9H,10H2,1-2H3,(H,18,19). The van der Waals surface area contributed by atoms with Crippen molar-refractivity contribution in [1.29, 1.82) is 0 Å². The molecule has 2 rings (SSSR count). The van der Waals surface area contributed by atoms with Crippen molar-refractivity contribution in [1.82, 2.24) is 5.32 Å². The number of ether oxygens (including phenoxy) is 2. The van der Waals surface area contributed by atoms with Gasteiger partial charge in [0.25, 0.3) is 5.91 Å². The zero-order valence-electron chi connectivity index (χ0n) is 11.9. The summed E-state index contributed by atoms with van der Waals surface area (Å²) in [7, 11) is 3.05. The van der Waals surface area contributed by atoms with E-state index < -0.39 is 0 Å². The third-order valence-corrected chi connectivity index (χ3v) is 3.83. The number of benzene rings is 2. The summed E-state index contributed by atoms with van der Waals surface area (Å²) in [5, 5.41) is 2.88. The smallest absolute Gasteiger partial charge is 0.259 e. The molecular formula is C16H16BrNO3. The molecule has 1 amide bonds. The molecule has 5 heteroatoms. The Morgan fingerprint density at radius 1 is 1.05 bits per heavy atom. The van der Waals surface area contributed by atoms with E-state index in [-0.39, 0.29) is 5.91 Å². The van der Waals surface area contributed by atoms with Crippen molar-refractivity contribution in [3.05, 3.63) is 58.1 Å².